The van der Waals surface area contributed by atoms with Crippen LogP contribution in [0.1, 0.15) is 274 Å². The number of primary amides is 1. The molecule has 0 rings (SSSR count). The van der Waals surface area contributed by atoms with Gasteiger partial charge in [-0.15, -0.1) is 0 Å². The van der Waals surface area contributed by atoms with Crippen LogP contribution in [0.5, 0.6) is 0 Å². The summed E-state index contributed by atoms with van der Waals surface area (Å²) in [5.74, 6) is -17.3. The Bertz CT molecular complexity index is 3950. The first-order chi connectivity index (χ1) is 65.5. The summed E-state index contributed by atoms with van der Waals surface area (Å²) in [5, 5.41) is 52.0. The van der Waals surface area contributed by atoms with Gasteiger partial charge in [0.05, 0.1) is 26.2 Å². The van der Waals surface area contributed by atoms with Crippen molar-refractivity contribution in [2.24, 2.45) is 76.0 Å². The van der Waals surface area contributed by atoms with E-state index in [1.807, 2.05) is 27.7 Å². The number of hydrogen-bond acceptors (Lipinski definition) is 25. The van der Waals surface area contributed by atoms with Gasteiger partial charge in [0.2, 0.25) is 124 Å². The van der Waals surface area contributed by atoms with E-state index >= 15 is 0 Å². The lowest BCUT2D eigenvalue weighted by Crippen LogP contribution is -2.59. The molecule has 800 valence electrons. The Hall–Kier alpha value is -11.3. The molecule has 16 atom stereocenters. The van der Waals surface area contributed by atoms with Crippen LogP contribution >= 0.6 is 0 Å². The zero-order valence-electron chi connectivity index (χ0n) is 86.6. The van der Waals surface area contributed by atoms with Gasteiger partial charge in [0, 0.05) is 6.92 Å². The molecule has 140 heavy (non-hydrogen) atoms. The fourth-order valence-electron chi connectivity index (χ4n) is 14.6. The van der Waals surface area contributed by atoms with Gasteiger partial charge in [0.25, 0.3) is 0 Å². The van der Waals surface area contributed by atoms with Gasteiger partial charge in [-0.25, -0.2) is 0 Å². The topological polar surface area (TPSA) is 729 Å². The molecule has 0 radical (unpaired) electrons. The van der Waals surface area contributed by atoms with Crippen LogP contribution < -0.4 is 135 Å². The summed E-state index contributed by atoms with van der Waals surface area (Å²) in [4.78, 5) is 286. The van der Waals surface area contributed by atoms with Crippen LogP contribution in [0.2, 0.25) is 0 Å². The summed E-state index contributed by atoms with van der Waals surface area (Å²) in [7, 11) is 0. The van der Waals surface area contributed by atoms with Crippen molar-refractivity contribution < 1.29 is 101 Å². The average molecular weight is 1990 g/mol. The molecule has 0 aromatic carbocycles. The highest BCUT2D eigenvalue weighted by Gasteiger charge is 2.38. The largest absolute Gasteiger partial charge is 0.368 e. The van der Waals surface area contributed by atoms with Crippen molar-refractivity contribution in [3.8, 4) is 0 Å². The highest BCUT2D eigenvalue weighted by atomic mass is 16.2. The van der Waals surface area contributed by atoms with Crippen LogP contribution in [-0.2, 0) is 101 Å². The maximum absolute atomic E-state index is 14.3. The third kappa shape index (κ3) is 56.2. The first-order valence-electron chi connectivity index (χ1n) is 49.5. The summed E-state index contributed by atoms with van der Waals surface area (Å²) in [6, 6.07) is -19.6. The number of nitrogens with two attached hydrogens (primary N) is 5. The number of hydrogen-bond donors (Lipinski definition) is 25. The zero-order valence-corrected chi connectivity index (χ0v) is 86.6. The van der Waals surface area contributed by atoms with Crippen molar-refractivity contribution in [1.29, 1.82) is 0 Å². The molecule has 46 heteroatoms. The molecule has 0 unspecified atom stereocenters. The molecule has 0 aliphatic carbocycles. The van der Waals surface area contributed by atoms with Gasteiger partial charge in [0.15, 0.2) is 0 Å². The molecule has 0 spiro atoms. The van der Waals surface area contributed by atoms with Crippen LogP contribution in [0.15, 0.2) is 0 Å². The molecule has 0 heterocycles. The Labute approximate surface area is 826 Å². The third-order valence-electron chi connectivity index (χ3n) is 21.9. The highest BCUT2D eigenvalue weighted by Crippen LogP contribution is 2.17. The first-order valence-corrected chi connectivity index (χ1v) is 49.5. The number of carbonyl (C=O) groups excluding carboxylic acids is 21. The quantitative estimate of drug-likeness (QED) is 0.0265. The van der Waals surface area contributed by atoms with E-state index in [9.17, 15) is 101 Å². The summed E-state index contributed by atoms with van der Waals surface area (Å²) < 4.78 is 0. The SMILES string of the molecule is CC(=O)N[C@@H](CC(C)C)C(=O)NCC(=O)N[C@@H](CC(C)C)C(=O)N[C@@H](CCCCN)C(=O)N[C@@H](C)C(=O)N[C@@H](CC(C)C)C(=O)NCC(=O)N[C@@H](CC(C)C)C(=O)N[C@@H](CCCCN)C(=O)N[C@@H](C)C(=O)N[C@@H](CC(C)C)C(=O)NCC(=O)N[C@@H](CC(C)C)C(=O)N[C@@H](CCCCN)C(=O)N[C@@H](C)C(=O)N[C@@H](CC(C)C)C(=O)NCC(=O)N[C@@H](CC(C)C)C(=O)N[C@@H](CCCCN)C(=O)N[C@@H](C)C(N)=O. The van der Waals surface area contributed by atoms with Crippen LogP contribution in [0.4, 0.5) is 0 Å². The maximum atomic E-state index is 14.3. The van der Waals surface area contributed by atoms with Crippen molar-refractivity contribution in [1.82, 2.24) is 106 Å². The fraction of sp³-hybridized carbons (Fsp3) is 0.777. The highest BCUT2D eigenvalue weighted by molar-refractivity contribution is 6.01. The molecule has 0 aromatic heterocycles. The van der Waals surface area contributed by atoms with E-state index in [-0.39, 0.29) is 138 Å². The number of nitrogens with one attached hydrogen (secondary N) is 20. The normalized spacial score (nSPS) is 14.8. The molecule has 46 nitrogen and oxygen atoms in total. The van der Waals surface area contributed by atoms with E-state index < -0.39 is 247 Å². The lowest BCUT2D eigenvalue weighted by Gasteiger charge is -2.27. The molecule has 0 aliphatic rings. The molecule has 0 saturated carbocycles. The monoisotopic (exact) mass is 1990 g/mol. The van der Waals surface area contributed by atoms with E-state index in [4.69, 9.17) is 28.7 Å². The maximum Gasteiger partial charge on any atom is 0.243 e. The van der Waals surface area contributed by atoms with E-state index in [0.717, 1.165) is 0 Å². The number of rotatable bonds is 72. The molecule has 0 aromatic rings. The predicted octanol–water partition coefficient (Wildman–Crippen LogP) is -3.32. The molecule has 0 saturated heterocycles. The Morgan fingerprint density at radius 1 is 0.186 bits per heavy atom. The standard InChI is InChI=1S/C94H173N25O21/c1-50(2)38-67(108-62(21)120)83(129)100-46-75(121)109-72(43-55(11)12)92(138)114-64(31-23-27-35-96)88(134)105-59(18)80(126)118-69(40-52(5)6)85(131)102-48-77(123)111-74(45-57(15)16)94(140)116-66(33-25-29-37-98)90(136)107-61(20)82(128)119-70(41-53(7)8)86(132)103-49-78(124)112-73(44-56(13)14)93(139)115-65(32-24-28-36-97)89(135)106-60(19)81(127)117-68(39-51(3)4)84(130)101-47-76(122)110-71(42-54(9)10)91(137)113-63(30-22-26-34-95)87(133)104-58(17)79(99)125/h50-61,63-74H,22-49,95-98H2,1-21H3,(H2,99,125)(H,100,129)(H,101,130)(H,102,131)(H,103,132)(H,104,133)(H,105,134)(H,106,135)(H,107,136)(H,108,120)(H,109,121)(H,110,122)(H,111,123)(H,112,124)(H,113,137)(H,114,138)(H,115,139)(H,116,140)(H,117,127)(H,118,126)(H,119,128)/t58-,59-,60-,61-,63-,64-,65-,66-,67-,68-,69-,70-,71-,72-,73-,74-/m0/s1. The minimum Gasteiger partial charge on any atom is -0.368 e. The van der Waals surface area contributed by atoms with Gasteiger partial charge >= 0.3 is 0 Å². The average Bonchev–Trinajstić information content (AvgIpc) is 0.873. The van der Waals surface area contributed by atoms with E-state index in [1.54, 1.807) is 83.1 Å². The summed E-state index contributed by atoms with van der Waals surface area (Å²) in [5.41, 5.74) is 28.4. The van der Waals surface area contributed by atoms with Crippen LogP contribution in [-0.4, -0.2) is 273 Å². The molecule has 0 fully saturated rings. The summed E-state index contributed by atoms with van der Waals surface area (Å²) >= 11 is 0. The molecule has 21 amide bonds. The second-order valence-corrected chi connectivity index (χ2v) is 39.5. The second-order valence-electron chi connectivity index (χ2n) is 39.5. The minimum absolute atomic E-state index is 0.0112. The van der Waals surface area contributed by atoms with Gasteiger partial charge in [-0.3, -0.25) is 101 Å². The van der Waals surface area contributed by atoms with Crippen LogP contribution in [0.3, 0.4) is 0 Å². The third-order valence-corrected chi connectivity index (χ3v) is 21.9. The molecule has 30 N–H and O–H groups in total. The minimum atomic E-state index is -1.36. The summed E-state index contributed by atoms with van der Waals surface area (Å²) in [6.45, 7) is 33.9. The number of unbranched alkanes of at least 4 members (excludes halogenated alkanes) is 4. The Kier molecular flexibility index (Phi) is 63.9. The molecular formula is C94H173N25O21. The van der Waals surface area contributed by atoms with Gasteiger partial charge in [-0.05, 0) is 230 Å². The molecular weight excluding hydrogens is 1820 g/mol. The Balaban J connectivity index is 6.44. The van der Waals surface area contributed by atoms with Crippen LogP contribution in [0.25, 0.3) is 0 Å². The van der Waals surface area contributed by atoms with Gasteiger partial charge in [-0.2, -0.15) is 0 Å². The van der Waals surface area contributed by atoms with Gasteiger partial charge in [-0.1, -0.05) is 111 Å². The van der Waals surface area contributed by atoms with Crippen molar-refractivity contribution in [2.75, 3.05) is 52.4 Å². The molecule has 0 bridgehead atoms. The Morgan fingerprint density at radius 2 is 0.343 bits per heavy atom. The van der Waals surface area contributed by atoms with Crippen molar-refractivity contribution >= 4 is 124 Å². The zero-order chi connectivity index (χ0) is 107. The van der Waals surface area contributed by atoms with E-state index in [1.165, 1.54) is 34.6 Å². The lowest BCUT2D eigenvalue weighted by atomic mass is 10.0. The molecule has 0 aliphatic heterocycles. The van der Waals surface area contributed by atoms with E-state index in [0.29, 0.717) is 64.3 Å². The lowest BCUT2D eigenvalue weighted by molar-refractivity contribution is -0.135. The number of amides is 21. The first kappa shape index (κ1) is 129. The van der Waals surface area contributed by atoms with Gasteiger partial charge < -0.3 is 135 Å². The second kappa shape index (κ2) is 69.5. The van der Waals surface area contributed by atoms with Crippen LogP contribution in [0, 0.1) is 47.3 Å². The van der Waals surface area contributed by atoms with Crippen molar-refractivity contribution in [3.63, 3.8) is 0 Å². The predicted molar refractivity (Wildman–Crippen MR) is 528 cm³/mol. The smallest absolute Gasteiger partial charge is 0.243 e. The van der Waals surface area contributed by atoms with Crippen molar-refractivity contribution in [3.05, 3.63) is 0 Å². The number of carbonyl (C=O) groups is 21. The van der Waals surface area contributed by atoms with Gasteiger partial charge in [0.1, 0.15) is 96.7 Å². The van der Waals surface area contributed by atoms with Crippen molar-refractivity contribution in [2.45, 2.75) is 370 Å². The Morgan fingerprint density at radius 3 is 0.507 bits per heavy atom. The fourth-order valence-corrected chi connectivity index (χ4v) is 14.6. The van der Waals surface area contributed by atoms with E-state index in [2.05, 4.69) is 106 Å². The summed E-state index contributed by atoms with van der Waals surface area (Å²) in [6.07, 6.45) is 4.34.